The van der Waals surface area contributed by atoms with Gasteiger partial charge in [-0.2, -0.15) is 13.1 Å². The van der Waals surface area contributed by atoms with Gasteiger partial charge in [0.25, 0.3) is 11.7 Å². The molecule has 2 rings (SSSR count). The van der Waals surface area contributed by atoms with Crippen molar-refractivity contribution in [2.24, 2.45) is 0 Å². The Kier molecular flexibility index (Phi) is 6.96. The Bertz CT molecular complexity index is 884. The lowest BCUT2D eigenvalue weighted by molar-refractivity contribution is 0.102. The van der Waals surface area contributed by atoms with Gasteiger partial charge < -0.3 is 5.32 Å². The van der Waals surface area contributed by atoms with Crippen molar-refractivity contribution in [3.05, 3.63) is 54.1 Å². The van der Waals surface area contributed by atoms with Gasteiger partial charge in [0.15, 0.2) is 0 Å². The smallest absolute Gasteiger partial charge is 0.288 e. The SMILES string of the molecule is CC(C)N(C)S(=O)(=O)c1ccc(NC(=O)c2ccc(SC(F)F)cc2)cc1. The van der Waals surface area contributed by atoms with Gasteiger partial charge >= 0.3 is 0 Å². The largest absolute Gasteiger partial charge is 0.322 e. The number of hydrogen-bond donors (Lipinski definition) is 1. The number of halogens is 2. The van der Waals surface area contributed by atoms with Crippen molar-refractivity contribution in [2.45, 2.75) is 35.4 Å². The molecule has 0 saturated carbocycles. The first-order valence-corrected chi connectivity index (χ1v) is 10.4. The summed E-state index contributed by atoms with van der Waals surface area (Å²) in [7, 11) is -2.09. The molecule has 9 heteroatoms. The maximum Gasteiger partial charge on any atom is 0.288 e. The molecule has 0 bridgehead atoms. The molecule has 2 aromatic rings. The third-order valence-electron chi connectivity index (χ3n) is 3.86. The number of thioether (sulfide) groups is 1. The number of amides is 1. The van der Waals surface area contributed by atoms with Crippen LogP contribution in [0.15, 0.2) is 58.3 Å². The first-order chi connectivity index (χ1) is 12.6. The highest BCUT2D eigenvalue weighted by molar-refractivity contribution is 7.99. The highest BCUT2D eigenvalue weighted by Crippen LogP contribution is 2.25. The highest BCUT2D eigenvalue weighted by atomic mass is 32.2. The monoisotopic (exact) mass is 414 g/mol. The molecule has 0 aliphatic heterocycles. The van der Waals surface area contributed by atoms with E-state index in [9.17, 15) is 22.0 Å². The van der Waals surface area contributed by atoms with Crippen LogP contribution in [0.25, 0.3) is 0 Å². The molecule has 1 N–H and O–H groups in total. The molecule has 0 aliphatic rings. The lowest BCUT2D eigenvalue weighted by Crippen LogP contribution is -2.33. The van der Waals surface area contributed by atoms with Crippen molar-refractivity contribution in [1.29, 1.82) is 0 Å². The molecule has 2 aromatic carbocycles. The minimum atomic E-state index is -3.59. The lowest BCUT2D eigenvalue weighted by atomic mass is 10.2. The van der Waals surface area contributed by atoms with Crippen LogP contribution in [0.3, 0.4) is 0 Å². The number of anilines is 1. The first-order valence-electron chi connectivity index (χ1n) is 8.05. The van der Waals surface area contributed by atoms with E-state index < -0.39 is 21.7 Å². The van der Waals surface area contributed by atoms with Gasteiger partial charge in [-0.05, 0) is 62.4 Å². The minimum absolute atomic E-state index is 0.130. The fourth-order valence-corrected chi connectivity index (χ4v) is 4.01. The Hall–Kier alpha value is -1.97. The Morgan fingerprint density at radius 3 is 2.07 bits per heavy atom. The molecule has 1 amide bonds. The van der Waals surface area contributed by atoms with Gasteiger partial charge in [-0.1, -0.05) is 11.8 Å². The zero-order valence-corrected chi connectivity index (χ0v) is 16.7. The van der Waals surface area contributed by atoms with E-state index in [2.05, 4.69) is 5.32 Å². The quantitative estimate of drug-likeness (QED) is 0.687. The molecule has 0 aromatic heterocycles. The number of alkyl halides is 2. The van der Waals surface area contributed by atoms with Crippen LogP contribution in [0.4, 0.5) is 14.5 Å². The standard InChI is InChI=1S/C18H20F2N2O3S2/c1-12(2)22(3)27(24,25)16-10-6-14(7-11-16)21-17(23)13-4-8-15(9-5-13)26-18(19)20/h4-12,18H,1-3H3,(H,21,23). The number of hydrogen-bond acceptors (Lipinski definition) is 4. The number of nitrogens with one attached hydrogen (secondary N) is 1. The molecule has 0 aliphatic carbocycles. The van der Waals surface area contributed by atoms with Crippen LogP contribution >= 0.6 is 11.8 Å². The molecular formula is C18H20F2N2O3S2. The maximum atomic E-state index is 12.4. The Morgan fingerprint density at radius 2 is 1.59 bits per heavy atom. The summed E-state index contributed by atoms with van der Waals surface area (Å²) in [6, 6.07) is 11.5. The Morgan fingerprint density at radius 1 is 1.04 bits per heavy atom. The van der Waals surface area contributed by atoms with Crippen LogP contribution in [0.1, 0.15) is 24.2 Å². The average Bonchev–Trinajstić information content (AvgIpc) is 2.61. The number of rotatable bonds is 7. The first kappa shape index (κ1) is 21.3. The van der Waals surface area contributed by atoms with E-state index in [1.54, 1.807) is 13.8 Å². The highest BCUT2D eigenvalue weighted by Gasteiger charge is 2.22. The number of benzene rings is 2. The van der Waals surface area contributed by atoms with E-state index in [0.717, 1.165) is 0 Å². The van der Waals surface area contributed by atoms with E-state index in [1.165, 1.54) is 59.9 Å². The van der Waals surface area contributed by atoms with E-state index in [-0.39, 0.29) is 10.9 Å². The van der Waals surface area contributed by atoms with Gasteiger partial charge in [0.05, 0.1) is 4.90 Å². The van der Waals surface area contributed by atoms with Crippen molar-refractivity contribution in [3.63, 3.8) is 0 Å². The van der Waals surface area contributed by atoms with E-state index in [4.69, 9.17) is 0 Å². The molecular weight excluding hydrogens is 394 g/mol. The van der Waals surface area contributed by atoms with Crippen LogP contribution in [-0.2, 0) is 10.0 Å². The van der Waals surface area contributed by atoms with Crippen molar-refractivity contribution < 1.29 is 22.0 Å². The molecule has 0 fully saturated rings. The second kappa shape index (κ2) is 8.81. The summed E-state index contributed by atoms with van der Waals surface area (Å²) in [4.78, 5) is 12.7. The number of nitrogens with zero attached hydrogens (tertiary/aromatic N) is 1. The van der Waals surface area contributed by atoms with Crippen molar-refractivity contribution >= 4 is 33.4 Å². The maximum absolute atomic E-state index is 12.4. The van der Waals surface area contributed by atoms with Crippen molar-refractivity contribution in [2.75, 3.05) is 12.4 Å². The molecule has 0 heterocycles. The molecule has 0 spiro atoms. The minimum Gasteiger partial charge on any atom is -0.322 e. The zero-order chi connectivity index (χ0) is 20.2. The third kappa shape index (κ3) is 5.50. The fourth-order valence-electron chi connectivity index (χ4n) is 2.15. The summed E-state index contributed by atoms with van der Waals surface area (Å²) < 4.78 is 50.7. The van der Waals surface area contributed by atoms with Crippen LogP contribution in [0.5, 0.6) is 0 Å². The van der Waals surface area contributed by atoms with E-state index in [0.29, 0.717) is 27.9 Å². The molecule has 0 unspecified atom stereocenters. The van der Waals surface area contributed by atoms with Gasteiger partial charge in [-0.3, -0.25) is 4.79 Å². The summed E-state index contributed by atoms with van der Waals surface area (Å²) in [5.41, 5.74) is 0.738. The number of sulfonamides is 1. The summed E-state index contributed by atoms with van der Waals surface area (Å²) >= 11 is 0.405. The molecule has 0 saturated heterocycles. The molecule has 146 valence electrons. The van der Waals surface area contributed by atoms with Gasteiger partial charge in [0.1, 0.15) is 0 Å². The summed E-state index contributed by atoms with van der Waals surface area (Å²) in [6.45, 7) is 3.55. The zero-order valence-electron chi connectivity index (χ0n) is 15.0. The van der Waals surface area contributed by atoms with Gasteiger partial charge in [0, 0.05) is 29.2 Å². The summed E-state index contributed by atoms with van der Waals surface area (Å²) in [5.74, 6) is -2.94. The summed E-state index contributed by atoms with van der Waals surface area (Å²) in [5, 5.41) is 2.65. The number of carbonyl (C=O) groups is 1. The lowest BCUT2D eigenvalue weighted by Gasteiger charge is -2.21. The Labute approximate surface area is 161 Å². The van der Waals surface area contributed by atoms with Crippen LogP contribution < -0.4 is 5.32 Å². The van der Waals surface area contributed by atoms with Gasteiger partial charge in [-0.15, -0.1) is 0 Å². The Balaban J connectivity index is 2.09. The third-order valence-corrected chi connectivity index (χ3v) is 6.63. The molecule has 27 heavy (non-hydrogen) atoms. The fraction of sp³-hybridized carbons (Fsp3) is 0.278. The van der Waals surface area contributed by atoms with E-state index >= 15 is 0 Å². The van der Waals surface area contributed by atoms with Gasteiger partial charge in [0.2, 0.25) is 10.0 Å². The molecule has 0 atom stereocenters. The van der Waals surface area contributed by atoms with Crippen LogP contribution in [-0.4, -0.2) is 37.5 Å². The van der Waals surface area contributed by atoms with Crippen LogP contribution in [0.2, 0.25) is 0 Å². The predicted octanol–water partition coefficient (Wildman–Crippen LogP) is 4.28. The molecule has 0 radical (unpaired) electrons. The summed E-state index contributed by atoms with van der Waals surface area (Å²) in [6.07, 6.45) is 0. The normalized spacial score (nSPS) is 12.0. The molecule has 5 nitrogen and oxygen atoms in total. The topological polar surface area (TPSA) is 66.5 Å². The van der Waals surface area contributed by atoms with E-state index in [1.807, 2.05) is 0 Å². The average molecular weight is 414 g/mol. The second-order valence-electron chi connectivity index (χ2n) is 6.00. The second-order valence-corrected chi connectivity index (χ2v) is 9.06. The van der Waals surface area contributed by atoms with Crippen molar-refractivity contribution in [1.82, 2.24) is 4.31 Å². The van der Waals surface area contributed by atoms with Gasteiger partial charge in [-0.25, -0.2) is 8.42 Å². The number of carbonyl (C=O) groups excluding carboxylic acids is 1. The predicted molar refractivity (Wildman–Crippen MR) is 103 cm³/mol. The van der Waals surface area contributed by atoms with Crippen molar-refractivity contribution in [3.8, 4) is 0 Å². The van der Waals surface area contributed by atoms with Crippen LogP contribution in [0, 0.1) is 0 Å².